The van der Waals surface area contributed by atoms with Gasteiger partial charge in [-0.15, -0.1) is 0 Å². The van der Waals surface area contributed by atoms with Gasteiger partial charge in [-0.25, -0.2) is 0 Å². The van der Waals surface area contributed by atoms with Crippen LogP contribution < -0.4 is 101 Å². The second-order valence-electron chi connectivity index (χ2n) is 14.6. The zero-order valence-corrected chi connectivity index (χ0v) is 39.0. The molecular formula is C44H44N6Na2O12. The minimum Gasteiger partial charge on any atom is -0.548 e. The van der Waals surface area contributed by atoms with E-state index in [2.05, 4.69) is 31.9 Å². The maximum Gasteiger partial charge on any atom is 1.00 e. The van der Waals surface area contributed by atoms with E-state index in [0.29, 0.717) is 11.1 Å². The Labute approximate surface area is 411 Å². The molecule has 18 nitrogen and oxygen atoms in total. The van der Waals surface area contributed by atoms with Crippen molar-refractivity contribution in [1.29, 1.82) is 0 Å². The molecule has 64 heavy (non-hydrogen) atoms. The zero-order valence-electron chi connectivity index (χ0n) is 35.0. The van der Waals surface area contributed by atoms with E-state index in [0.717, 1.165) is 11.1 Å². The average molecular weight is 895 g/mol. The number of carboxylic acids is 4. The molecule has 2 aliphatic heterocycles. The number of rotatable bonds is 20. The van der Waals surface area contributed by atoms with Crippen LogP contribution >= 0.6 is 0 Å². The van der Waals surface area contributed by atoms with E-state index in [4.69, 9.17) is 10.2 Å². The quantitative estimate of drug-likeness (QED) is 0.0302. The number of carboxylic acid groups (broad SMARTS) is 4. The minimum absolute atomic E-state index is 0. The Morgan fingerprint density at radius 1 is 0.422 bits per heavy atom. The van der Waals surface area contributed by atoms with Crippen molar-refractivity contribution in [2.75, 3.05) is 0 Å². The van der Waals surface area contributed by atoms with Gasteiger partial charge in [-0.2, -0.15) is 0 Å². The van der Waals surface area contributed by atoms with Gasteiger partial charge in [-0.05, 0) is 35.1 Å². The van der Waals surface area contributed by atoms with Crippen LogP contribution in [0.2, 0.25) is 0 Å². The summed E-state index contributed by atoms with van der Waals surface area (Å²) in [7, 11) is 0. The van der Waals surface area contributed by atoms with Gasteiger partial charge in [0.15, 0.2) is 0 Å². The minimum atomic E-state index is -1.45. The fourth-order valence-corrected chi connectivity index (χ4v) is 6.43. The van der Waals surface area contributed by atoms with Crippen molar-refractivity contribution in [2.45, 2.75) is 74.0 Å². The molecule has 2 saturated heterocycles. The van der Waals surface area contributed by atoms with Crippen molar-refractivity contribution < 1.29 is 118 Å². The average Bonchev–Trinajstić information content (AvgIpc) is 4.19. The van der Waals surface area contributed by atoms with Crippen LogP contribution in [0.25, 0.3) is 0 Å². The third-order valence-electron chi connectivity index (χ3n) is 9.86. The number of aliphatic carboxylic acids is 4. The van der Waals surface area contributed by atoms with Crippen LogP contribution in [0.3, 0.4) is 0 Å². The Bertz CT molecular complexity index is 2070. The first-order valence-electron chi connectivity index (χ1n) is 19.5. The van der Waals surface area contributed by atoms with Crippen molar-refractivity contribution in [2.24, 2.45) is 0 Å². The van der Waals surface area contributed by atoms with Crippen LogP contribution in [-0.4, -0.2) is 106 Å². The van der Waals surface area contributed by atoms with Gasteiger partial charge in [0.1, 0.15) is 36.3 Å². The Hall–Kier alpha value is -5.44. The third-order valence-corrected chi connectivity index (χ3v) is 9.86. The molecule has 4 amide bonds. The zero-order chi connectivity index (χ0) is 44.8. The number of benzene rings is 4. The third kappa shape index (κ3) is 16.6. The molecule has 0 aliphatic carbocycles. The Balaban J connectivity index is 0.000000330. The number of hydrogen-bond donors (Lipinski definition) is 8. The van der Waals surface area contributed by atoms with Gasteiger partial charge in [-0.3, -0.25) is 39.4 Å². The summed E-state index contributed by atoms with van der Waals surface area (Å²) >= 11 is 0. The fraction of sp³-hybridized carbons (Fsp3) is 0.273. The number of amides is 4. The van der Waals surface area contributed by atoms with Crippen molar-refractivity contribution in [1.82, 2.24) is 31.9 Å². The number of carbonyl (C=O) groups excluding carboxylic acids is 6. The van der Waals surface area contributed by atoms with E-state index >= 15 is 0 Å². The molecule has 6 rings (SSSR count). The molecule has 8 N–H and O–H groups in total. The molecule has 0 radical (unpaired) electrons. The predicted octanol–water partition coefficient (Wildman–Crippen LogP) is -8.76. The molecule has 0 unspecified atom stereocenters. The van der Waals surface area contributed by atoms with Crippen LogP contribution in [0.4, 0.5) is 0 Å². The maximum atomic E-state index is 12.9. The van der Waals surface area contributed by atoms with Crippen LogP contribution in [-0.2, 0) is 64.0 Å². The van der Waals surface area contributed by atoms with E-state index in [1.807, 2.05) is 0 Å². The van der Waals surface area contributed by atoms with Crippen LogP contribution in [0.1, 0.15) is 22.3 Å². The summed E-state index contributed by atoms with van der Waals surface area (Å²) in [5, 5.41) is 56.1. The van der Waals surface area contributed by atoms with Gasteiger partial charge < -0.3 is 51.3 Å². The van der Waals surface area contributed by atoms with Gasteiger partial charge in [0.2, 0.25) is 23.6 Å². The first-order chi connectivity index (χ1) is 29.7. The van der Waals surface area contributed by atoms with Crippen LogP contribution in [0.15, 0.2) is 121 Å². The molecule has 4 aromatic rings. The molecular weight excluding hydrogens is 850 g/mol. The van der Waals surface area contributed by atoms with E-state index in [1.54, 1.807) is 121 Å². The molecule has 0 aromatic heterocycles. The molecule has 0 spiro atoms. The van der Waals surface area contributed by atoms with Crippen molar-refractivity contribution >= 4 is 47.5 Å². The monoisotopic (exact) mass is 894 g/mol. The molecule has 0 bridgehead atoms. The second kappa shape index (κ2) is 25.8. The van der Waals surface area contributed by atoms with E-state index in [9.17, 15) is 48.6 Å². The van der Waals surface area contributed by atoms with Gasteiger partial charge >= 0.3 is 71.1 Å². The molecule has 2 aliphatic rings. The number of carbonyl (C=O) groups is 8. The van der Waals surface area contributed by atoms with E-state index < -0.39 is 95.8 Å². The van der Waals surface area contributed by atoms with Crippen molar-refractivity contribution in [3.05, 3.63) is 144 Å². The van der Waals surface area contributed by atoms with E-state index in [-0.39, 0.29) is 84.8 Å². The van der Waals surface area contributed by atoms with Gasteiger partial charge in [0.05, 0.1) is 24.0 Å². The summed E-state index contributed by atoms with van der Waals surface area (Å²) < 4.78 is 0. The molecule has 20 heteroatoms. The van der Waals surface area contributed by atoms with E-state index in [1.165, 1.54) is 0 Å². The molecule has 324 valence electrons. The molecule has 2 fully saturated rings. The summed E-state index contributed by atoms with van der Waals surface area (Å²) in [6.07, 6.45) is 0.250. The Morgan fingerprint density at radius 2 is 0.672 bits per heavy atom. The topological polar surface area (TPSA) is 315 Å². The van der Waals surface area contributed by atoms with Crippen LogP contribution in [0.5, 0.6) is 0 Å². The largest absolute Gasteiger partial charge is 1.00 e. The summed E-state index contributed by atoms with van der Waals surface area (Å²) in [6.45, 7) is 0. The smallest absolute Gasteiger partial charge is 0.548 e. The van der Waals surface area contributed by atoms with Gasteiger partial charge in [0.25, 0.3) is 0 Å². The summed E-state index contributed by atoms with van der Waals surface area (Å²) in [6, 6.07) is 26.6. The maximum absolute atomic E-state index is 12.9. The van der Waals surface area contributed by atoms with Gasteiger partial charge in [-0.1, -0.05) is 121 Å². The molecule has 4 aromatic carbocycles. The first kappa shape index (κ1) is 52.9. The molecule has 8 atom stereocenters. The second-order valence-corrected chi connectivity index (χ2v) is 14.6. The van der Waals surface area contributed by atoms with Crippen LogP contribution in [0, 0.1) is 0 Å². The predicted molar refractivity (Wildman–Crippen MR) is 215 cm³/mol. The van der Waals surface area contributed by atoms with Crippen molar-refractivity contribution in [3.8, 4) is 0 Å². The first-order valence-corrected chi connectivity index (χ1v) is 19.5. The SMILES string of the molecule is O=C([O-])[C@H](Cc1ccccc1)NC(=O)[C@H](Cc1ccccc1)NC(=O)[C@H]1N[C@@H]1C(=O)O.O=C([O-])[C@H](Cc1ccccc1)NC(=O)[C@H](Cc1ccccc1)NC(=O)[C@H]1N[C@@H]1C(=O)O.[Na+].[Na+]. The fourth-order valence-electron chi connectivity index (χ4n) is 6.43. The van der Waals surface area contributed by atoms with Gasteiger partial charge in [0, 0.05) is 12.8 Å². The number of hydrogen-bond acceptors (Lipinski definition) is 12. The normalized spacial score (nSPS) is 18.4. The standard InChI is InChI=1S/2C22H23N3O6.2Na/c2*26-19(24-16(21(28)29)12-14-9-5-2-6-10-14)15(11-13-7-3-1-4-8-13)23-20(27)17-18(25-17)22(30)31;;/h2*1-10,15-18,25H,11-12H2,(H,23,27)(H,24,26)(H,28,29)(H,30,31);;/q;;2*+1/p-2/t2*15-,16-,17-,18-;;/m00../s1. The Kier molecular flexibility index (Phi) is 21.3. The summed E-state index contributed by atoms with van der Waals surface area (Å²) in [5.74, 6) is -7.90. The van der Waals surface area contributed by atoms with Crippen molar-refractivity contribution in [3.63, 3.8) is 0 Å². The number of nitrogens with one attached hydrogen (secondary N) is 6. The molecule has 0 saturated carbocycles. The Morgan fingerprint density at radius 3 is 0.891 bits per heavy atom. The molecule has 2 heterocycles. The summed E-state index contributed by atoms with van der Waals surface area (Å²) in [4.78, 5) is 95.7. The summed E-state index contributed by atoms with van der Waals surface area (Å²) in [5.41, 5.74) is 2.89.